The predicted octanol–water partition coefficient (Wildman–Crippen LogP) is 4.07. The highest BCUT2D eigenvalue weighted by molar-refractivity contribution is 6.34. The summed E-state index contributed by atoms with van der Waals surface area (Å²) in [6.45, 7) is 0. The number of rotatable bonds is 1. The van der Waals surface area contributed by atoms with Crippen LogP contribution in [0.15, 0.2) is 48.5 Å². The first-order chi connectivity index (χ1) is 8.27. The third kappa shape index (κ3) is 1.58. The molecule has 0 aliphatic rings. The van der Waals surface area contributed by atoms with E-state index in [2.05, 4.69) is 4.98 Å². The number of H-pyrrole nitrogens is 1. The van der Waals surface area contributed by atoms with E-state index in [9.17, 15) is 0 Å². The molecule has 3 rings (SSSR count). The van der Waals surface area contributed by atoms with E-state index in [1.165, 1.54) is 0 Å². The number of hydrogen-bond acceptors (Lipinski definition) is 1. The fourth-order valence-corrected chi connectivity index (χ4v) is 2.35. The third-order valence-corrected chi connectivity index (χ3v) is 3.21. The molecule has 2 nitrogen and oxygen atoms in total. The van der Waals surface area contributed by atoms with Crippen LogP contribution in [0.1, 0.15) is 0 Å². The molecule has 3 aromatic rings. The van der Waals surface area contributed by atoms with Crippen molar-refractivity contribution in [2.75, 3.05) is 5.73 Å². The maximum Gasteiger partial charge on any atom is 0.109 e. The van der Waals surface area contributed by atoms with Crippen LogP contribution in [0.3, 0.4) is 0 Å². The van der Waals surface area contributed by atoms with Crippen LogP contribution in [0, 0.1) is 0 Å². The minimum atomic E-state index is 0.652. The van der Waals surface area contributed by atoms with Gasteiger partial charge in [-0.3, -0.25) is 0 Å². The number of nitrogens with one attached hydrogen (secondary N) is 1. The average Bonchev–Trinajstić information content (AvgIpc) is 2.66. The lowest BCUT2D eigenvalue weighted by Crippen LogP contribution is -1.87. The molecule has 0 amide bonds. The molecule has 0 aliphatic carbocycles. The molecule has 0 saturated carbocycles. The van der Waals surface area contributed by atoms with Crippen LogP contribution in [0.2, 0.25) is 5.02 Å². The number of halogens is 1. The second kappa shape index (κ2) is 3.82. The molecule has 0 aliphatic heterocycles. The third-order valence-electron chi connectivity index (χ3n) is 2.88. The summed E-state index contributed by atoms with van der Waals surface area (Å²) in [4.78, 5) is 3.17. The van der Waals surface area contributed by atoms with Gasteiger partial charge in [-0.05, 0) is 12.1 Å². The highest BCUT2D eigenvalue weighted by Crippen LogP contribution is 2.37. The summed E-state index contributed by atoms with van der Waals surface area (Å²) >= 11 is 6.22. The molecular formula is C14H11ClN2. The summed E-state index contributed by atoms with van der Waals surface area (Å²) in [5, 5.41) is 1.81. The first kappa shape index (κ1) is 10.2. The van der Waals surface area contributed by atoms with Crippen molar-refractivity contribution in [3.63, 3.8) is 0 Å². The maximum absolute atomic E-state index is 6.22. The minimum absolute atomic E-state index is 0.652. The van der Waals surface area contributed by atoms with Gasteiger partial charge in [-0.2, -0.15) is 0 Å². The van der Waals surface area contributed by atoms with Crippen LogP contribution >= 0.6 is 11.6 Å². The van der Waals surface area contributed by atoms with E-state index in [1.54, 1.807) is 0 Å². The highest BCUT2D eigenvalue weighted by atomic mass is 35.5. The van der Waals surface area contributed by atoms with Gasteiger partial charge in [0.2, 0.25) is 0 Å². The molecule has 0 radical (unpaired) electrons. The fraction of sp³-hybridized carbons (Fsp3) is 0. The van der Waals surface area contributed by atoms with Crippen molar-refractivity contribution in [1.29, 1.82) is 0 Å². The Balaban J connectivity index is 2.38. The first-order valence-corrected chi connectivity index (χ1v) is 5.76. The van der Waals surface area contributed by atoms with E-state index >= 15 is 0 Å². The lowest BCUT2D eigenvalue weighted by molar-refractivity contribution is 1.47. The number of hydrogen-bond donors (Lipinski definition) is 2. The molecule has 1 aromatic heterocycles. The molecule has 17 heavy (non-hydrogen) atoms. The molecule has 3 heteroatoms. The van der Waals surface area contributed by atoms with Gasteiger partial charge >= 0.3 is 0 Å². The zero-order valence-corrected chi connectivity index (χ0v) is 9.83. The molecule has 84 valence electrons. The van der Waals surface area contributed by atoms with Crippen LogP contribution < -0.4 is 5.73 Å². The summed E-state index contributed by atoms with van der Waals surface area (Å²) in [7, 11) is 0. The van der Waals surface area contributed by atoms with Crippen molar-refractivity contribution in [3.05, 3.63) is 53.6 Å². The Labute approximate surface area is 104 Å². The summed E-state index contributed by atoms with van der Waals surface area (Å²) in [5.74, 6) is 0.652. The summed E-state index contributed by atoms with van der Waals surface area (Å²) in [6, 6.07) is 15.8. The summed E-state index contributed by atoms with van der Waals surface area (Å²) < 4.78 is 0. The highest BCUT2D eigenvalue weighted by Gasteiger charge is 2.12. The maximum atomic E-state index is 6.22. The van der Waals surface area contributed by atoms with Gasteiger partial charge < -0.3 is 10.7 Å². The lowest BCUT2D eigenvalue weighted by atomic mass is 10.0. The van der Waals surface area contributed by atoms with E-state index in [-0.39, 0.29) is 0 Å². The molecule has 2 aromatic carbocycles. The number of fused-ring (bicyclic) bond motifs is 1. The number of nitrogen functional groups attached to an aromatic ring is 1. The van der Waals surface area contributed by atoms with E-state index in [1.807, 2.05) is 48.5 Å². The Bertz CT molecular complexity index is 686. The predicted molar refractivity (Wildman–Crippen MR) is 73.2 cm³/mol. The quantitative estimate of drug-likeness (QED) is 0.664. The number of benzene rings is 2. The fourth-order valence-electron chi connectivity index (χ4n) is 2.12. The lowest BCUT2D eigenvalue weighted by Gasteiger charge is -2.03. The van der Waals surface area contributed by atoms with Crippen molar-refractivity contribution in [1.82, 2.24) is 4.98 Å². The van der Waals surface area contributed by atoms with Gasteiger partial charge in [0.15, 0.2) is 0 Å². The molecule has 0 fully saturated rings. The molecule has 0 saturated heterocycles. The van der Waals surface area contributed by atoms with Crippen LogP contribution in [0.5, 0.6) is 0 Å². The van der Waals surface area contributed by atoms with Gasteiger partial charge in [0.1, 0.15) is 5.82 Å². The SMILES string of the molecule is Nc1[nH]c2ccccc2c1-c1ccccc1Cl. The molecular weight excluding hydrogens is 232 g/mol. The molecule has 0 spiro atoms. The van der Waals surface area contributed by atoms with E-state index in [4.69, 9.17) is 17.3 Å². The average molecular weight is 243 g/mol. The number of para-hydroxylation sites is 1. The Morgan fingerprint density at radius 3 is 2.47 bits per heavy atom. The number of nitrogens with two attached hydrogens (primary N) is 1. The van der Waals surface area contributed by atoms with E-state index in [0.29, 0.717) is 10.8 Å². The van der Waals surface area contributed by atoms with Gasteiger partial charge in [-0.15, -0.1) is 0 Å². The van der Waals surface area contributed by atoms with Crippen molar-refractivity contribution < 1.29 is 0 Å². The molecule has 1 heterocycles. The van der Waals surface area contributed by atoms with Crippen LogP contribution in [0.4, 0.5) is 5.82 Å². The second-order valence-corrected chi connectivity index (χ2v) is 4.35. The van der Waals surface area contributed by atoms with E-state index in [0.717, 1.165) is 22.0 Å². The topological polar surface area (TPSA) is 41.8 Å². The van der Waals surface area contributed by atoms with Gasteiger partial charge in [-0.25, -0.2) is 0 Å². The van der Waals surface area contributed by atoms with Gasteiger partial charge in [-0.1, -0.05) is 48.0 Å². The zero-order valence-electron chi connectivity index (χ0n) is 9.07. The smallest absolute Gasteiger partial charge is 0.109 e. The van der Waals surface area contributed by atoms with Crippen LogP contribution in [-0.4, -0.2) is 4.98 Å². The van der Waals surface area contributed by atoms with E-state index < -0.39 is 0 Å². The molecule has 0 unspecified atom stereocenters. The zero-order chi connectivity index (χ0) is 11.8. The number of anilines is 1. The summed E-state index contributed by atoms with van der Waals surface area (Å²) in [6.07, 6.45) is 0. The van der Waals surface area contributed by atoms with Crippen molar-refractivity contribution in [3.8, 4) is 11.1 Å². The Morgan fingerprint density at radius 1 is 0.941 bits per heavy atom. The second-order valence-electron chi connectivity index (χ2n) is 3.94. The monoisotopic (exact) mass is 242 g/mol. The summed E-state index contributed by atoms with van der Waals surface area (Å²) in [5.41, 5.74) is 9.01. The Hall–Kier alpha value is -1.93. The molecule has 3 N–H and O–H groups in total. The van der Waals surface area contributed by atoms with Crippen LogP contribution in [-0.2, 0) is 0 Å². The number of aromatic nitrogens is 1. The first-order valence-electron chi connectivity index (χ1n) is 5.38. The van der Waals surface area contributed by atoms with Crippen molar-refractivity contribution in [2.45, 2.75) is 0 Å². The van der Waals surface area contributed by atoms with Crippen molar-refractivity contribution >= 4 is 28.3 Å². The van der Waals surface area contributed by atoms with Gasteiger partial charge in [0, 0.05) is 27.1 Å². The van der Waals surface area contributed by atoms with Crippen molar-refractivity contribution in [2.24, 2.45) is 0 Å². The standard InChI is InChI=1S/C14H11ClN2/c15-11-7-3-1-5-9(11)13-10-6-2-4-8-12(10)17-14(13)16/h1-8,17H,16H2. The van der Waals surface area contributed by atoms with Crippen LogP contribution in [0.25, 0.3) is 22.0 Å². The molecule has 0 atom stereocenters. The Kier molecular flexibility index (Phi) is 2.30. The largest absolute Gasteiger partial charge is 0.385 e. The van der Waals surface area contributed by atoms with Gasteiger partial charge in [0.05, 0.1) is 0 Å². The molecule has 0 bridgehead atoms. The Morgan fingerprint density at radius 2 is 1.65 bits per heavy atom. The van der Waals surface area contributed by atoms with Gasteiger partial charge in [0.25, 0.3) is 0 Å². The number of aromatic amines is 1. The minimum Gasteiger partial charge on any atom is -0.385 e. The normalized spacial score (nSPS) is 10.9.